The van der Waals surface area contributed by atoms with Gasteiger partial charge in [0.05, 0.1) is 0 Å². The highest BCUT2D eigenvalue weighted by Crippen LogP contribution is 2.26. The molecular weight excluding hydrogens is 265 g/mol. The van der Waals surface area contributed by atoms with Crippen molar-refractivity contribution in [1.29, 1.82) is 0 Å². The lowest BCUT2D eigenvalue weighted by Crippen LogP contribution is -2.18. The van der Waals surface area contributed by atoms with Crippen LogP contribution in [0.15, 0.2) is 30.6 Å². The molecule has 0 aliphatic carbocycles. The standard InChI is InChI=1S/C14H17ClFN3/c1-2-7-19-8-6-18-13(19)9-12(17)14-10(15)4-3-5-11(14)16/h3-6,8,12H,2,7,9,17H2,1H3. The molecule has 0 saturated carbocycles. The SMILES string of the molecule is CCCn1ccnc1CC(N)c1c(F)cccc1Cl. The second-order valence-electron chi connectivity index (χ2n) is 4.48. The maximum absolute atomic E-state index is 13.8. The van der Waals surface area contributed by atoms with Gasteiger partial charge in [-0.2, -0.15) is 0 Å². The Bertz CT molecular complexity index is 533. The second kappa shape index (κ2) is 6.17. The highest BCUT2D eigenvalue weighted by molar-refractivity contribution is 6.31. The molecule has 1 atom stereocenters. The van der Waals surface area contributed by atoms with E-state index in [4.69, 9.17) is 17.3 Å². The summed E-state index contributed by atoms with van der Waals surface area (Å²) in [4.78, 5) is 4.28. The number of rotatable bonds is 5. The average Bonchev–Trinajstić information content (AvgIpc) is 2.77. The Kier molecular flexibility index (Phi) is 4.56. The molecule has 0 radical (unpaired) electrons. The predicted octanol–water partition coefficient (Wildman–Crippen LogP) is 3.33. The third-order valence-electron chi connectivity index (χ3n) is 3.04. The Morgan fingerprint density at radius 3 is 2.95 bits per heavy atom. The average molecular weight is 282 g/mol. The summed E-state index contributed by atoms with van der Waals surface area (Å²) in [7, 11) is 0. The summed E-state index contributed by atoms with van der Waals surface area (Å²) >= 11 is 6.02. The quantitative estimate of drug-likeness (QED) is 0.913. The molecule has 0 fully saturated rings. The molecule has 1 unspecified atom stereocenters. The summed E-state index contributed by atoms with van der Waals surface area (Å²) in [5.74, 6) is 0.488. The first-order valence-electron chi connectivity index (χ1n) is 6.33. The Labute approximate surface area is 117 Å². The highest BCUT2D eigenvalue weighted by Gasteiger charge is 2.17. The monoisotopic (exact) mass is 281 g/mol. The lowest BCUT2D eigenvalue weighted by molar-refractivity contribution is 0.558. The molecule has 19 heavy (non-hydrogen) atoms. The Balaban J connectivity index is 2.21. The number of nitrogens with zero attached hydrogens (tertiary/aromatic N) is 2. The van der Waals surface area contributed by atoms with Gasteiger partial charge in [0.25, 0.3) is 0 Å². The van der Waals surface area contributed by atoms with Gasteiger partial charge in [-0.1, -0.05) is 24.6 Å². The largest absolute Gasteiger partial charge is 0.335 e. The molecule has 3 nitrogen and oxygen atoms in total. The number of nitrogens with two attached hydrogens (primary N) is 1. The van der Waals surface area contributed by atoms with Gasteiger partial charge in [0.1, 0.15) is 11.6 Å². The molecule has 2 rings (SSSR count). The van der Waals surface area contributed by atoms with Gasteiger partial charge in [-0.3, -0.25) is 0 Å². The first-order chi connectivity index (χ1) is 9.13. The maximum Gasteiger partial charge on any atom is 0.129 e. The van der Waals surface area contributed by atoms with Gasteiger partial charge < -0.3 is 10.3 Å². The van der Waals surface area contributed by atoms with Gasteiger partial charge in [0, 0.05) is 42.0 Å². The van der Waals surface area contributed by atoms with Crippen molar-refractivity contribution >= 4 is 11.6 Å². The van der Waals surface area contributed by atoms with Crippen LogP contribution in [0.1, 0.15) is 30.8 Å². The zero-order valence-electron chi connectivity index (χ0n) is 10.8. The van der Waals surface area contributed by atoms with Crippen LogP contribution >= 0.6 is 11.6 Å². The van der Waals surface area contributed by atoms with Crippen LogP contribution in [0.25, 0.3) is 0 Å². The minimum atomic E-state index is -0.494. The second-order valence-corrected chi connectivity index (χ2v) is 4.89. The first kappa shape index (κ1) is 14.0. The molecule has 0 bridgehead atoms. The molecule has 1 heterocycles. The van der Waals surface area contributed by atoms with E-state index in [0.29, 0.717) is 17.0 Å². The first-order valence-corrected chi connectivity index (χ1v) is 6.70. The van der Waals surface area contributed by atoms with E-state index >= 15 is 0 Å². The summed E-state index contributed by atoms with van der Waals surface area (Å²) in [5, 5.41) is 0.362. The third kappa shape index (κ3) is 3.14. The predicted molar refractivity (Wildman–Crippen MR) is 74.6 cm³/mol. The normalized spacial score (nSPS) is 12.6. The lowest BCUT2D eigenvalue weighted by atomic mass is 10.0. The molecule has 2 aromatic rings. The topological polar surface area (TPSA) is 43.8 Å². The number of hydrogen-bond acceptors (Lipinski definition) is 2. The summed E-state index contributed by atoms with van der Waals surface area (Å²) in [6.07, 6.45) is 5.13. The zero-order chi connectivity index (χ0) is 13.8. The van der Waals surface area contributed by atoms with Crippen molar-refractivity contribution in [1.82, 2.24) is 9.55 Å². The molecule has 0 amide bonds. The van der Waals surface area contributed by atoms with Crippen LogP contribution in [-0.4, -0.2) is 9.55 Å². The molecule has 102 valence electrons. The van der Waals surface area contributed by atoms with E-state index in [1.54, 1.807) is 18.3 Å². The summed E-state index contributed by atoms with van der Waals surface area (Å²) < 4.78 is 15.8. The van der Waals surface area contributed by atoms with E-state index in [1.807, 2.05) is 10.8 Å². The fourth-order valence-corrected chi connectivity index (χ4v) is 2.44. The molecular formula is C14H17ClFN3. The molecule has 0 aliphatic rings. The van der Waals surface area contributed by atoms with Gasteiger partial charge in [-0.15, -0.1) is 0 Å². The number of benzene rings is 1. The van der Waals surface area contributed by atoms with Crippen LogP contribution in [0.4, 0.5) is 4.39 Å². The fraction of sp³-hybridized carbons (Fsp3) is 0.357. The minimum absolute atomic E-state index is 0.357. The van der Waals surface area contributed by atoms with Crippen molar-refractivity contribution in [3.05, 3.63) is 52.8 Å². The van der Waals surface area contributed by atoms with Gasteiger partial charge in [0.2, 0.25) is 0 Å². The van der Waals surface area contributed by atoms with Crippen molar-refractivity contribution in [3.8, 4) is 0 Å². The van der Waals surface area contributed by atoms with Crippen LogP contribution in [0.2, 0.25) is 5.02 Å². The molecule has 0 spiro atoms. The fourth-order valence-electron chi connectivity index (χ4n) is 2.14. The minimum Gasteiger partial charge on any atom is -0.335 e. The van der Waals surface area contributed by atoms with Crippen LogP contribution in [-0.2, 0) is 13.0 Å². The number of aryl methyl sites for hydroxylation is 1. The van der Waals surface area contributed by atoms with E-state index in [0.717, 1.165) is 18.8 Å². The van der Waals surface area contributed by atoms with Crippen LogP contribution in [0, 0.1) is 5.82 Å². The van der Waals surface area contributed by atoms with Crippen LogP contribution in [0.3, 0.4) is 0 Å². The molecule has 5 heteroatoms. The Morgan fingerprint density at radius 1 is 1.47 bits per heavy atom. The van der Waals surface area contributed by atoms with Crippen molar-refractivity contribution < 1.29 is 4.39 Å². The van der Waals surface area contributed by atoms with Crippen molar-refractivity contribution in [2.75, 3.05) is 0 Å². The third-order valence-corrected chi connectivity index (χ3v) is 3.37. The van der Waals surface area contributed by atoms with E-state index in [9.17, 15) is 4.39 Å². The highest BCUT2D eigenvalue weighted by atomic mass is 35.5. The number of aromatic nitrogens is 2. The number of halogens is 2. The van der Waals surface area contributed by atoms with Gasteiger partial charge >= 0.3 is 0 Å². The molecule has 1 aromatic carbocycles. The molecule has 0 saturated heterocycles. The van der Waals surface area contributed by atoms with Crippen LogP contribution < -0.4 is 5.73 Å². The van der Waals surface area contributed by atoms with Crippen LogP contribution in [0.5, 0.6) is 0 Å². The molecule has 2 N–H and O–H groups in total. The van der Waals surface area contributed by atoms with E-state index in [2.05, 4.69) is 11.9 Å². The van der Waals surface area contributed by atoms with Crippen molar-refractivity contribution in [2.45, 2.75) is 32.4 Å². The lowest BCUT2D eigenvalue weighted by Gasteiger charge is -2.15. The summed E-state index contributed by atoms with van der Waals surface area (Å²) in [5.41, 5.74) is 6.43. The Morgan fingerprint density at radius 2 is 2.26 bits per heavy atom. The van der Waals surface area contributed by atoms with Crippen molar-refractivity contribution in [3.63, 3.8) is 0 Å². The molecule has 0 aliphatic heterocycles. The van der Waals surface area contributed by atoms with Crippen molar-refractivity contribution in [2.24, 2.45) is 5.73 Å². The summed E-state index contributed by atoms with van der Waals surface area (Å²) in [6.45, 7) is 2.98. The number of hydrogen-bond donors (Lipinski definition) is 1. The Hall–Kier alpha value is -1.39. The van der Waals surface area contributed by atoms with E-state index in [1.165, 1.54) is 6.07 Å². The van der Waals surface area contributed by atoms with Gasteiger partial charge in [-0.05, 0) is 18.6 Å². The number of imidazole rings is 1. The van der Waals surface area contributed by atoms with E-state index < -0.39 is 6.04 Å². The van der Waals surface area contributed by atoms with E-state index in [-0.39, 0.29) is 5.82 Å². The van der Waals surface area contributed by atoms with Gasteiger partial charge in [-0.25, -0.2) is 9.37 Å². The zero-order valence-corrected chi connectivity index (χ0v) is 11.6. The van der Waals surface area contributed by atoms with Gasteiger partial charge in [0.15, 0.2) is 0 Å². The maximum atomic E-state index is 13.8. The molecule has 1 aromatic heterocycles. The summed E-state index contributed by atoms with van der Waals surface area (Å²) in [6, 6.07) is 4.11. The smallest absolute Gasteiger partial charge is 0.129 e.